The van der Waals surface area contributed by atoms with E-state index in [9.17, 15) is 0 Å². The van der Waals surface area contributed by atoms with Crippen LogP contribution in [0.3, 0.4) is 0 Å². The second-order valence-corrected chi connectivity index (χ2v) is 5.44. The van der Waals surface area contributed by atoms with E-state index in [-0.39, 0.29) is 0 Å². The van der Waals surface area contributed by atoms with Gasteiger partial charge < -0.3 is 10.1 Å². The van der Waals surface area contributed by atoms with Crippen LogP contribution in [0, 0.1) is 0 Å². The maximum absolute atomic E-state index is 6.10. The summed E-state index contributed by atoms with van der Waals surface area (Å²) >= 11 is 6.10. The zero-order valence-electron chi connectivity index (χ0n) is 12.6. The van der Waals surface area contributed by atoms with Crippen molar-refractivity contribution in [1.82, 2.24) is 20.2 Å². The van der Waals surface area contributed by atoms with Crippen molar-refractivity contribution in [3.05, 3.63) is 64.7 Å². The molecule has 0 spiro atoms. The SMILES string of the molecule is Cn1nnnc1NCc1cc(Cl)ccc1OCc1ccccc1. The number of nitrogens with one attached hydrogen (secondary N) is 1. The fraction of sp³-hybridized carbons (Fsp3) is 0.188. The van der Waals surface area contributed by atoms with Gasteiger partial charge in [0.1, 0.15) is 12.4 Å². The van der Waals surface area contributed by atoms with Crippen LogP contribution < -0.4 is 10.1 Å². The Morgan fingerprint density at radius 3 is 2.74 bits per heavy atom. The molecule has 0 saturated carbocycles. The summed E-state index contributed by atoms with van der Waals surface area (Å²) in [5.74, 6) is 1.36. The number of nitrogens with zero attached hydrogens (tertiary/aromatic N) is 4. The van der Waals surface area contributed by atoms with E-state index in [1.807, 2.05) is 48.5 Å². The van der Waals surface area contributed by atoms with Crippen LogP contribution in [0.25, 0.3) is 0 Å². The Bertz CT molecular complexity index is 775. The maximum Gasteiger partial charge on any atom is 0.242 e. The van der Waals surface area contributed by atoms with E-state index in [0.717, 1.165) is 16.9 Å². The predicted octanol–water partition coefficient (Wildman–Crippen LogP) is 3.05. The van der Waals surface area contributed by atoms with Crippen molar-refractivity contribution in [3.8, 4) is 5.75 Å². The monoisotopic (exact) mass is 329 g/mol. The number of aromatic nitrogens is 4. The molecule has 6 nitrogen and oxygen atoms in total. The Morgan fingerprint density at radius 1 is 1.17 bits per heavy atom. The van der Waals surface area contributed by atoms with Gasteiger partial charge in [0.05, 0.1) is 0 Å². The summed E-state index contributed by atoms with van der Waals surface area (Å²) in [6.07, 6.45) is 0. The van der Waals surface area contributed by atoms with Crippen LogP contribution in [0.1, 0.15) is 11.1 Å². The number of benzene rings is 2. The Labute approximate surface area is 139 Å². The quantitative estimate of drug-likeness (QED) is 0.753. The van der Waals surface area contributed by atoms with Gasteiger partial charge in [0, 0.05) is 24.2 Å². The molecule has 2 aromatic carbocycles. The highest BCUT2D eigenvalue weighted by atomic mass is 35.5. The van der Waals surface area contributed by atoms with Crippen molar-refractivity contribution in [1.29, 1.82) is 0 Å². The molecule has 0 bridgehead atoms. The van der Waals surface area contributed by atoms with Crippen LogP contribution in [0.2, 0.25) is 5.02 Å². The first-order valence-corrected chi connectivity index (χ1v) is 7.51. The molecule has 1 heterocycles. The minimum atomic E-state index is 0.501. The number of aryl methyl sites for hydroxylation is 1. The third-order valence-electron chi connectivity index (χ3n) is 3.32. The lowest BCUT2D eigenvalue weighted by atomic mass is 10.2. The highest BCUT2D eigenvalue weighted by Crippen LogP contribution is 2.24. The van der Waals surface area contributed by atoms with Crippen LogP contribution in [0.15, 0.2) is 48.5 Å². The summed E-state index contributed by atoms with van der Waals surface area (Å²) < 4.78 is 7.49. The zero-order valence-corrected chi connectivity index (χ0v) is 13.4. The van der Waals surface area contributed by atoms with Crippen LogP contribution >= 0.6 is 11.6 Å². The lowest BCUT2D eigenvalue weighted by Gasteiger charge is -2.13. The van der Waals surface area contributed by atoms with Gasteiger partial charge in [0.15, 0.2) is 0 Å². The van der Waals surface area contributed by atoms with Gasteiger partial charge in [-0.25, -0.2) is 4.68 Å². The molecular weight excluding hydrogens is 314 g/mol. The van der Waals surface area contributed by atoms with Crippen LogP contribution in [-0.4, -0.2) is 20.2 Å². The lowest BCUT2D eigenvalue weighted by Crippen LogP contribution is -2.07. The first-order valence-electron chi connectivity index (χ1n) is 7.14. The van der Waals surface area contributed by atoms with Crippen molar-refractivity contribution in [2.75, 3.05) is 5.32 Å². The second kappa shape index (κ2) is 7.11. The smallest absolute Gasteiger partial charge is 0.242 e. The van der Waals surface area contributed by atoms with Gasteiger partial charge in [0.2, 0.25) is 5.95 Å². The summed E-state index contributed by atoms with van der Waals surface area (Å²) in [7, 11) is 1.77. The van der Waals surface area contributed by atoms with Gasteiger partial charge in [-0.2, -0.15) is 0 Å². The number of rotatable bonds is 6. The molecule has 1 aromatic heterocycles. The van der Waals surface area contributed by atoms with Crippen molar-refractivity contribution >= 4 is 17.5 Å². The number of hydrogen-bond acceptors (Lipinski definition) is 5. The number of tetrazole rings is 1. The topological polar surface area (TPSA) is 64.9 Å². The molecular formula is C16H16ClN5O. The minimum Gasteiger partial charge on any atom is -0.489 e. The molecule has 0 saturated heterocycles. The molecule has 0 aliphatic heterocycles. The molecule has 0 amide bonds. The second-order valence-electron chi connectivity index (χ2n) is 5.01. The lowest BCUT2D eigenvalue weighted by molar-refractivity contribution is 0.303. The fourth-order valence-corrected chi connectivity index (χ4v) is 2.31. The fourth-order valence-electron chi connectivity index (χ4n) is 2.12. The van der Waals surface area contributed by atoms with Gasteiger partial charge in [-0.1, -0.05) is 47.0 Å². The van der Waals surface area contributed by atoms with Gasteiger partial charge >= 0.3 is 0 Å². The molecule has 0 fully saturated rings. The van der Waals surface area contributed by atoms with Gasteiger partial charge in [-0.15, -0.1) is 0 Å². The first-order chi connectivity index (χ1) is 11.2. The minimum absolute atomic E-state index is 0.501. The van der Waals surface area contributed by atoms with Crippen LogP contribution in [0.4, 0.5) is 5.95 Å². The Hall–Kier alpha value is -2.60. The number of hydrogen-bond donors (Lipinski definition) is 1. The number of anilines is 1. The third-order valence-corrected chi connectivity index (χ3v) is 3.55. The van der Waals surface area contributed by atoms with E-state index in [4.69, 9.17) is 16.3 Å². The van der Waals surface area contributed by atoms with E-state index in [1.165, 1.54) is 0 Å². The third kappa shape index (κ3) is 3.98. The summed E-state index contributed by atoms with van der Waals surface area (Å²) in [5.41, 5.74) is 2.05. The van der Waals surface area contributed by atoms with E-state index in [1.54, 1.807) is 11.7 Å². The summed E-state index contributed by atoms with van der Waals surface area (Å²) in [6.45, 7) is 1.01. The highest BCUT2D eigenvalue weighted by Gasteiger charge is 2.08. The first kappa shape index (κ1) is 15.3. The van der Waals surface area contributed by atoms with Crippen molar-refractivity contribution in [2.24, 2.45) is 7.05 Å². The highest BCUT2D eigenvalue weighted by molar-refractivity contribution is 6.30. The number of halogens is 1. The Balaban J connectivity index is 1.71. The molecule has 0 aliphatic rings. The summed E-state index contributed by atoms with van der Waals surface area (Å²) in [6, 6.07) is 15.6. The van der Waals surface area contributed by atoms with Gasteiger partial charge in [-0.3, -0.25) is 0 Å². The normalized spacial score (nSPS) is 10.5. The van der Waals surface area contributed by atoms with Crippen molar-refractivity contribution in [3.63, 3.8) is 0 Å². The largest absolute Gasteiger partial charge is 0.489 e. The molecule has 23 heavy (non-hydrogen) atoms. The molecule has 1 N–H and O–H groups in total. The summed E-state index contributed by atoms with van der Waals surface area (Å²) in [5, 5.41) is 15.1. The maximum atomic E-state index is 6.10. The molecule has 3 rings (SSSR count). The Kier molecular flexibility index (Phi) is 4.73. The molecule has 0 atom stereocenters. The average Bonchev–Trinajstić information content (AvgIpc) is 2.98. The van der Waals surface area contributed by atoms with Crippen molar-refractivity contribution in [2.45, 2.75) is 13.2 Å². The van der Waals surface area contributed by atoms with Gasteiger partial charge in [-0.05, 0) is 34.2 Å². The Morgan fingerprint density at radius 2 is 2.00 bits per heavy atom. The summed E-state index contributed by atoms with van der Waals surface area (Å²) in [4.78, 5) is 0. The van der Waals surface area contributed by atoms with E-state index >= 15 is 0 Å². The molecule has 7 heteroatoms. The van der Waals surface area contributed by atoms with E-state index in [2.05, 4.69) is 20.8 Å². The van der Waals surface area contributed by atoms with Crippen LogP contribution in [0.5, 0.6) is 5.75 Å². The molecule has 0 aliphatic carbocycles. The van der Waals surface area contributed by atoms with Crippen molar-refractivity contribution < 1.29 is 4.74 Å². The molecule has 0 radical (unpaired) electrons. The average molecular weight is 330 g/mol. The van der Waals surface area contributed by atoms with Crippen LogP contribution in [-0.2, 0) is 20.2 Å². The predicted molar refractivity (Wildman–Crippen MR) is 88.4 cm³/mol. The number of ether oxygens (including phenoxy) is 1. The molecule has 118 valence electrons. The van der Waals surface area contributed by atoms with E-state index in [0.29, 0.717) is 24.1 Å². The standard InChI is InChI=1S/C16H16ClN5O/c1-22-16(19-20-21-22)18-10-13-9-14(17)7-8-15(13)23-11-12-5-3-2-4-6-12/h2-9H,10-11H2,1H3,(H,18,19,21). The van der Waals surface area contributed by atoms with Gasteiger partial charge in [0.25, 0.3) is 0 Å². The zero-order chi connectivity index (χ0) is 16.1. The van der Waals surface area contributed by atoms with E-state index < -0.39 is 0 Å². The molecule has 3 aromatic rings. The molecule has 0 unspecified atom stereocenters.